The second-order valence-electron chi connectivity index (χ2n) is 6.05. The van der Waals surface area contributed by atoms with Gasteiger partial charge in [-0.15, -0.1) is 0 Å². The van der Waals surface area contributed by atoms with Gasteiger partial charge in [0, 0.05) is 32.5 Å². The average Bonchev–Trinajstić information content (AvgIpc) is 3.07. The molecule has 0 unspecified atom stereocenters. The minimum atomic E-state index is -0.298. The number of nitrogens with zero attached hydrogens (tertiary/aromatic N) is 3. The second kappa shape index (κ2) is 5.50. The predicted octanol–water partition coefficient (Wildman–Crippen LogP) is 1.25. The lowest BCUT2D eigenvalue weighted by molar-refractivity contribution is -0.0802. The van der Waals surface area contributed by atoms with Crippen molar-refractivity contribution in [2.45, 2.75) is 12.5 Å². The smallest absolute Gasteiger partial charge is 0.262 e. The van der Waals surface area contributed by atoms with Crippen LogP contribution in [-0.4, -0.2) is 47.2 Å². The van der Waals surface area contributed by atoms with E-state index in [4.69, 9.17) is 19.7 Å². The molecule has 0 bridgehead atoms. The molecule has 0 aliphatic carbocycles. The van der Waals surface area contributed by atoms with E-state index in [1.165, 1.54) is 0 Å². The minimum Gasteiger partial charge on any atom is -0.472 e. The summed E-state index contributed by atoms with van der Waals surface area (Å²) in [6.45, 7) is 3.80. The number of ether oxygens (including phenoxy) is 2. The molecular weight excluding hydrogens is 310 g/mol. The van der Waals surface area contributed by atoms with Crippen LogP contribution < -0.4 is 15.8 Å². The van der Waals surface area contributed by atoms with Crippen molar-refractivity contribution in [2.24, 2.45) is 0 Å². The zero-order valence-corrected chi connectivity index (χ0v) is 13.6. The lowest BCUT2D eigenvalue weighted by atomic mass is 9.98. The summed E-state index contributed by atoms with van der Waals surface area (Å²) in [6.07, 6.45) is 1.85. The molecule has 1 aliphatic rings. The summed E-state index contributed by atoms with van der Waals surface area (Å²) < 4.78 is 18.5. The van der Waals surface area contributed by atoms with Gasteiger partial charge in [-0.2, -0.15) is 5.10 Å². The molecule has 8 nitrogen and oxygen atoms in total. The lowest BCUT2D eigenvalue weighted by Crippen LogP contribution is -2.63. The molecule has 0 amide bonds. The van der Waals surface area contributed by atoms with Crippen molar-refractivity contribution in [2.75, 3.05) is 32.5 Å². The molecule has 3 N–H and O–H groups in total. The third kappa shape index (κ3) is 2.40. The highest BCUT2D eigenvalue weighted by Crippen LogP contribution is 2.34. The first-order chi connectivity index (χ1) is 11.6. The van der Waals surface area contributed by atoms with Gasteiger partial charge in [-0.05, 0) is 29.8 Å². The first-order valence-corrected chi connectivity index (χ1v) is 7.70. The molecule has 1 aliphatic heterocycles. The monoisotopic (exact) mass is 329 g/mol. The van der Waals surface area contributed by atoms with E-state index in [0.29, 0.717) is 24.1 Å². The Bertz CT molecular complexity index is 876. The van der Waals surface area contributed by atoms with Gasteiger partial charge in [0.05, 0.1) is 11.1 Å². The molecule has 4 rings (SSSR count). The summed E-state index contributed by atoms with van der Waals surface area (Å²) in [5.74, 6) is 1.64. The van der Waals surface area contributed by atoms with Crippen LogP contribution in [0.25, 0.3) is 16.6 Å². The summed E-state index contributed by atoms with van der Waals surface area (Å²) >= 11 is 0. The molecule has 3 aromatic rings. The zero-order chi connectivity index (χ0) is 16.7. The quantitative estimate of drug-likeness (QED) is 0.726. The highest BCUT2D eigenvalue weighted by Gasteiger charge is 2.38. The van der Waals surface area contributed by atoms with Crippen LogP contribution in [0.3, 0.4) is 0 Å². The van der Waals surface area contributed by atoms with Crippen LogP contribution in [0.15, 0.2) is 28.9 Å². The Hall–Kier alpha value is -2.58. The fourth-order valence-corrected chi connectivity index (χ4v) is 2.86. The van der Waals surface area contributed by atoms with E-state index in [1.54, 1.807) is 11.6 Å². The fraction of sp³-hybridized carbons (Fsp3) is 0.375. The van der Waals surface area contributed by atoms with Crippen LogP contribution in [0, 0.1) is 6.92 Å². The van der Waals surface area contributed by atoms with Crippen molar-refractivity contribution in [1.82, 2.24) is 20.1 Å². The number of methoxy groups -OCH3 is 1. The number of anilines is 1. The van der Waals surface area contributed by atoms with Gasteiger partial charge in [0.25, 0.3) is 5.88 Å². The van der Waals surface area contributed by atoms with Crippen LogP contribution in [0.5, 0.6) is 5.88 Å². The van der Waals surface area contributed by atoms with E-state index in [-0.39, 0.29) is 5.60 Å². The van der Waals surface area contributed by atoms with Gasteiger partial charge >= 0.3 is 0 Å². The molecule has 8 heteroatoms. The second-order valence-corrected chi connectivity index (χ2v) is 6.05. The number of hydrogen-bond donors (Lipinski definition) is 2. The molecule has 0 atom stereocenters. The largest absolute Gasteiger partial charge is 0.472 e. The number of nitrogen functional groups attached to an aromatic ring is 1. The van der Waals surface area contributed by atoms with E-state index in [0.717, 1.165) is 29.7 Å². The molecule has 0 saturated carbocycles. The Kier molecular flexibility index (Phi) is 3.43. The lowest BCUT2D eigenvalue weighted by Gasteiger charge is -2.40. The van der Waals surface area contributed by atoms with E-state index >= 15 is 0 Å². The zero-order valence-electron chi connectivity index (χ0n) is 13.6. The van der Waals surface area contributed by atoms with Crippen molar-refractivity contribution in [3.05, 3.63) is 30.2 Å². The van der Waals surface area contributed by atoms with Gasteiger partial charge in [-0.25, -0.2) is 4.52 Å². The van der Waals surface area contributed by atoms with E-state index < -0.39 is 0 Å². The number of nitrogens with two attached hydrogens (primary N) is 1. The summed E-state index contributed by atoms with van der Waals surface area (Å²) in [5.41, 5.74) is 8.11. The van der Waals surface area contributed by atoms with Crippen molar-refractivity contribution in [3.63, 3.8) is 0 Å². The highest BCUT2D eigenvalue weighted by atomic mass is 16.6. The molecule has 24 heavy (non-hydrogen) atoms. The van der Waals surface area contributed by atoms with Crippen LogP contribution in [0.4, 0.5) is 5.82 Å². The first-order valence-electron chi connectivity index (χ1n) is 7.70. The number of fused-ring (bicyclic) bond motifs is 1. The SMILES string of the molecule is COC1(COc2noc(C)c2-c2ccn3nc(N)cc3c2)CNC1. The van der Waals surface area contributed by atoms with Crippen LogP contribution in [0.1, 0.15) is 5.76 Å². The van der Waals surface area contributed by atoms with Crippen molar-refractivity contribution < 1.29 is 14.0 Å². The van der Waals surface area contributed by atoms with Crippen molar-refractivity contribution >= 4 is 11.3 Å². The van der Waals surface area contributed by atoms with Crippen molar-refractivity contribution in [3.8, 4) is 17.0 Å². The Morgan fingerprint density at radius 1 is 1.42 bits per heavy atom. The van der Waals surface area contributed by atoms with Crippen LogP contribution >= 0.6 is 0 Å². The number of pyridine rings is 1. The number of aromatic nitrogens is 3. The maximum Gasteiger partial charge on any atom is 0.262 e. The first kappa shape index (κ1) is 15.0. The van der Waals surface area contributed by atoms with E-state index in [1.807, 2.05) is 31.3 Å². The summed E-state index contributed by atoms with van der Waals surface area (Å²) in [7, 11) is 1.69. The summed E-state index contributed by atoms with van der Waals surface area (Å²) in [5, 5.41) is 11.4. The Morgan fingerprint density at radius 2 is 2.25 bits per heavy atom. The Morgan fingerprint density at radius 3 is 2.96 bits per heavy atom. The van der Waals surface area contributed by atoms with Crippen LogP contribution in [-0.2, 0) is 4.74 Å². The van der Waals surface area contributed by atoms with Gasteiger partial charge < -0.3 is 25.0 Å². The third-order valence-electron chi connectivity index (χ3n) is 4.40. The summed E-state index contributed by atoms with van der Waals surface area (Å²) in [4.78, 5) is 0. The van der Waals surface area contributed by atoms with Crippen LogP contribution in [0.2, 0.25) is 0 Å². The maximum atomic E-state index is 5.91. The van der Waals surface area contributed by atoms with Gasteiger partial charge in [-0.1, -0.05) is 0 Å². The van der Waals surface area contributed by atoms with Gasteiger partial charge in [0.1, 0.15) is 23.8 Å². The van der Waals surface area contributed by atoms with Crippen molar-refractivity contribution in [1.29, 1.82) is 0 Å². The fourth-order valence-electron chi connectivity index (χ4n) is 2.86. The normalized spacial score (nSPS) is 16.2. The number of nitrogens with one attached hydrogen (secondary N) is 1. The molecule has 1 saturated heterocycles. The molecule has 1 fully saturated rings. The van der Waals surface area contributed by atoms with Gasteiger partial charge in [0.2, 0.25) is 0 Å². The molecule has 0 spiro atoms. The third-order valence-corrected chi connectivity index (χ3v) is 4.40. The molecule has 0 radical (unpaired) electrons. The standard InChI is InChI=1S/C16H19N5O3/c1-10-14(11-3-4-21-12(5-11)6-13(17)19-21)15(20-24-10)23-9-16(22-2)7-18-8-16/h3-6,18H,7-9H2,1-2H3,(H2,17,19). The van der Waals surface area contributed by atoms with Gasteiger partial charge in [-0.3, -0.25) is 0 Å². The highest BCUT2D eigenvalue weighted by molar-refractivity contribution is 5.74. The molecule has 3 aromatic heterocycles. The Balaban J connectivity index is 1.65. The number of aryl methyl sites for hydroxylation is 1. The molecular formula is C16H19N5O3. The summed E-state index contributed by atoms with van der Waals surface area (Å²) in [6, 6.07) is 5.72. The Labute approximate surface area is 138 Å². The van der Waals surface area contributed by atoms with E-state index in [2.05, 4.69) is 15.6 Å². The average molecular weight is 329 g/mol. The molecule has 4 heterocycles. The van der Waals surface area contributed by atoms with E-state index in [9.17, 15) is 0 Å². The predicted molar refractivity (Wildman–Crippen MR) is 87.9 cm³/mol. The maximum absolute atomic E-state index is 5.91. The van der Waals surface area contributed by atoms with Gasteiger partial charge in [0.15, 0.2) is 0 Å². The molecule has 0 aromatic carbocycles. The minimum absolute atomic E-state index is 0.298. The number of rotatable bonds is 5. The number of hydrogen-bond acceptors (Lipinski definition) is 7. The molecule has 126 valence electrons. The topological polar surface area (TPSA) is 99.8 Å².